The fourth-order valence-electron chi connectivity index (χ4n) is 4.05. The van der Waals surface area contributed by atoms with Crippen LogP contribution in [-0.4, -0.2) is 57.8 Å². The Bertz CT molecular complexity index is 1200. The van der Waals surface area contributed by atoms with E-state index in [4.69, 9.17) is 24.7 Å². The zero-order valence-corrected chi connectivity index (χ0v) is 20.7. The smallest absolute Gasteiger partial charge is 0.421 e. The summed E-state index contributed by atoms with van der Waals surface area (Å²) in [4.78, 5) is 66.1. The van der Waals surface area contributed by atoms with E-state index in [1.807, 2.05) is 0 Å². The van der Waals surface area contributed by atoms with Gasteiger partial charge in [-0.1, -0.05) is 15.9 Å². The van der Waals surface area contributed by atoms with Crippen LogP contribution in [-0.2, 0) is 48.3 Å². The lowest BCUT2D eigenvalue weighted by molar-refractivity contribution is -0.142. The molecule has 0 aromatic heterocycles. The van der Waals surface area contributed by atoms with Crippen molar-refractivity contribution in [1.29, 1.82) is 0 Å². The fourth-order valence-corrected chi connectivity index (χ4v) is 4.42. The van der Waals surface area contributed by atoms with Crippen LogP contribution in [0.15, 0.2) is 45.5 Å². The van der Waals surface area contributed by atoms with Crippen molar-refractivity contribution in [3.8, 4) is 0 Å². The molecule has 0 bridgehead atoms. The molecule has 2 amide bonds. The molecule has 1 spiro atoms. The first-order valence-electron chi connectivity index (χ1n) is 10.1. The summed E-state index contributed by atoms with van der Waals surface area (Å²) in [5.74, 6) is -5.19. The maximum Gasteiger partial charge on any atom is 0.421 e. The molecule has 13 heteroatoms. The highest BCUT2D eigenvalue weighted by Crippen LogP contribution is 2.55. The van der Waals surface area contributed by atoms with Gasteiger partial charge in [-0.05, 0) is 25.1 Å². The number of hydrogen-bond acceptors (Lipinski definition) is 11. The van der Waals surface area contributed by atoms with Crippen LogP contribution in [0.25, 0.3) is 0 Å². The monoisotopic (exact) mass is 552 g/mol. The van der Waals surface area contributed by atoms with E-state index in [2.05, 4.69) is 20.7 Å². The molecule has 1 atom stereocenters. The summed E-state index contributed by atoms with van der Waals surface area (Å²) in [6.45, 7) is 1.47. The quantitative estimate of drug-likeness (QED) is 0.416. The van der Waals surface area contributed by atoms with E-state index in [9.17, 15) is 24.0 Å². The molecule has 0 fully saturated rings. The minimum Gasteiger partial charge on any atom is -0.469 e. The fraction of sp³-hybridized carbons (Fsp3) is 0.318. The number of carbonyl (C=O) groups excluding carboxylic acids is 5. The third-order valence-electron chi connectivity index (χ3n) is 5.40. The highest BCUT2D eigenvalue weighted by Gasteiger charge is 2.65. The number of anilines is 1. The van der Waals surface area contributed by atoms with Gasteiger partial charge in [-0.2, -0.15) is 0 Å². The molecule has 1 aromatic rings. The van der Waals surface area contributed by atoms with E-state index in [-0.39, 0.29) is 17.9 Å². The Balaban J connectivity index is 2.53. The minimum atomic E-state index is -2.38. The molecule has 2 aliphatic heterocycles. The van der Waals surface area contributed by atoms with Gasteiger partial charge in [-0.25, -0.2) is 19.3 Å². The first-order chi connectivity index (χ1) is 16.6. The van der Waals surface area contributed by atoms with Crippen molar-refractivity contribution in [1.82, 2.24) is 0 Å². The molecule has 2 heterocycles. The van der Waals surface area contributed by atoms with Crippen molar-refractivity contribution in [2.45, 2.75) is 18.8 Å². The number of carbonyl (C=O) groups is 5. The predicted octanol–water partition coefficient (Wildman–Crippen LogP) is 1.55. The number of esters is 3. The van der Waals surface area contributed by atoms with Crippen molar-refractivity contribution in [3.05, 3.63) is 51.0 Å². The Morgan fingerprint density at radius 1 is 1.06 bits per heavy atom. The van der Waals surface area contributed by atoms with Gasteiger partial charge in [0, 0.05) is 10.0 Å². The standard InChI is InChI=1S/C22H21BrN2O10/c1-5-34-21(30)25-12-7-6-10(23)8-11(12)22(20(25)29)15(18(27)32-3)13(9-14(26)31-2)35-17(24)16(22)19(28)33-4/h6-8H,5,9,24H2,1-4H3. The van der Waals surface area contributed by atoms with Gasteiger partial charge in [0.2, 0.25) is 5.88 Å². The van der Waals surface area contributed by atoms with Crippen LogP contribution in [0.1, 0.15) is 18.9 Å². The summed E-state index contributed by atoms with van der Waals surface area (Å²) < 4.78 is 25.4. The van der Waals surface area contributed by atoms with Gasteiger partial charge in [-0.15, -0.1) is 0 Å². The third-order valence-corrected chi connectivity index (χ3v) is 5.89. The summed E-state index contributed by atoms with van der Waals surface area (Å²) in [5.41, 5.74) is 2.58. The third kappa shape index (κ3) is 3.91. The number of rotatable bonds is 5. The molecule has 0 aliphatic carbocycles. The summed E-state index contributed by atoms with van der Waals surface area (Å²) in [5, 5.41) is 0. The van der Waals surface area contributed by atoms with Crippen LogP contribution in [0.3, 0.4) is 0 Å². The van der Waals surface area contributed by atoms with Gasteiger partial charge in [0.1, 0.15) is 28.7 Å². The normalized spacial score (nSPS) is 18.8. The molecule has 186 valence electrons. The first-order valence-corrected chi connectivity index (χ1v) is 10.9. The molecule has 2 aliphatic rings. The van der Waals surface area contributed by atoms with Crippen LogP contribution < -0.4 is 10.6 Å². The van der Waals surface area contributed by atoms with Crippen molar-refractivity contribution in [3.63, 3.8) is 0 Å². The number of nitrogens with two attached hydrogens (primary N) is 1. The topological polar surface area (TPSA) is 161 Å². The second-order valence-corrected chi connectivity index (χ2v) is 8.04. The van der Waals surface area contributed by atoms with E-state index in [1.54, 1.807) is 6.07 Å². The van der Waals surface area contributed by atoms with E-state index in [1.165, 1.54) is 19.1 Å². The summed E-state index contributed by atoms with van der Waals surface area (Å²) >= 11 is 3.31. The molecule has 0 saturated carbocycles. The Kier molecular flexibility index (Phi) is 7.19. The molecule has 2 N–H and O–H groups in total. The number of methoxy groups -OCH3 is 3. The lowest BCUT2D eigenvalue weighted by Crippen LogP contribution is -2.52. The van der Waals surface area contributed by atoms with E-state index >= 15 is 0 Å². The summed E-state index contributed by atoms with van der Waals surface area (Å²) in [6, 6.07) is 4.38. The number of amides is 2. The SMILES string of the molecule is CCOC(=O)N1C(=O)C2(C(C(=O)OC)=C(N)OC(CC(=O)OC)=C2C(=O)OC)c2cc(Br)ccc21. The first kappa shape index (κ1) is 25.7. The average Bonchev–Trinajstić information content (AvgIpc) is 3.06. The number of ether oxygens (including phenoxy) is 5. The molecule has 35 heavy (non-hydrogen) atoms. The van der Waals surface area contributed by atoms with Gasteiger partial charge in [-0.3, -0.25) is 9.59 Å². The Labute approximate surface area is 207 Å². The van der Waals surface area contributed by atoms with Gasteiger partial charge in [0.15, 0.2) is 0 Å². The van der Waals surface area contributed by atoms with Crippen LogP contribution in [0.4, 0.5) is 10.5 Å². The van der Waals surface area contributed by atoms with E-state index in [0.29, 0.717) is 9.37 Å². The second kappa shape index (κ2) is 9.78. The zero-order chi connectivity index (χ0) is 26.1. The summed E-state index contributed by atoms with van der Waals surface area (Å²) in [6.07, 6.45) is -1.71. The Hall–Kier alpha value is -3.87. The van der Waals surface area contributed by atoms with Crippen LogP contribution in [0.2, 0.25) is 0 Å². The van der Waals surface area contributed by atoms with Gasteiger partial charge in [0.25, 0.3) is 5.91 Å². The zero-order valence-electron chi connectivity index (χ0n) is 19.1. The minimum absolute atomic E-state index is 0.000608. The molecular formula is C22H21BrN2O10. The molecule has 0 saturated heterocycles. The highest BCUT2D eigenvalue weighted by atomic mass is 79.9. The van der Waals surface area contributed by atoms with E-state index in [0.717, 1.165) is 21.3 Å². The van der Waals surface area contributed by atoms with Gasteiger partial charge >= 0.3 is 24.0 Å². The van der Waals surface area contributed by atoms with Crippen molar-refractivity contribution in [2.75, 3.05) is 32.8 Å². The number of imide groups is 1. The van der Waals surface area contributed by atoms with Crippen molar-refractivity contribution >= 4 is 51.5 Å². The number of nitrogens with zero attached hydrogens (tertiary/aromatic N) is 1. The van der Waals surface area contributed by atoms with E-state index < -0.39 is 64.5 Å². The van der Waals surface area contributed by atoms with Gasteiger partial charge < -0.3 is 29.4 Å². The van der Waals surface area contributed by atoms with Gasteiger partial charge in [0.05, 0.1) is 33.6 Å². The second-order valence-electron chi connectivity index (χ2n) is 7.13. The highest BCUT2D eigenvalue weighted by molar-refractivity contribution is 9.10. The predicted molar refractivity (Wildman–Crippen MR) is 120 cm³/mol. The number of halogens is 1. The Morgan fingerprint density at radius 3 is 2.26 bits per heavy atom. The van der Waals surface area contributed by atoms with Crippen LogP contribution in [0, 0.1) is 0 Å². The maximum absolute atomic E-state index is 14.2. The maximum atomic E-state index is 14.2. The number of hydrogen-bond donors (Lipinski definition) is 1. The molecule has 12 nitrogen and oxygen atoms in total. The molecular weight excluding hydrogens is 532 g/mol. The summed E-state index contributed by atoms with van der Waals surface area (Å²) in [7, 11) is 3.17. The lowest BCUT2D eigenvalue weighted by Gasteiger charge is -2.36. The van der Waals surface area contributed by atoms with Crippen molar-refractivity contribution < 1.29 is 47.7 Å². The lowest BCUT2D eigenvalue weighted by atomic mass is 9.67. The molecule has 0 radical (unpaired) electrons. The average molecular weight is 553 g/mol. The molecule has 1 aromatic carbocycles. The van der Waals surface area contributed by atoms with Crippen LogP contribution >= 0.6 is 15.9 Å². The van der Waals surface area contributed by atoms with Crippen LogP contribution in [0.5, 0.6) is 0 Å². The molecule has 3 rings (SSSR count). The largest absolute Gasteiger partial charge is 0.469 e. The number of fused-ring (bicyclic) bond motifs is 2. The Morgan fingerprint density at radius 2 is 1.69 bits per heavy atom. The van der Waals surface area contributed by atoms with Crippen molar-refractivity contribution in [2.24, 2.45) is 5.73 Å². The number of benzene rings is 1. The molecule has 1 unspecified atom stereocenters.